The van der Waals surface area contributed by atoms with Gasteiger partial charge in [-0.2, -0.15) is 5.10 Å². The Labute approximate surface area is 88.9 Å². The fourth-order valence-electron chi connectivity index (χ4n) is 1.58. The minimum Gasteiger partial charge on any atom is -0.458 e. The van der Waals surface area contributed by atoms with Crippen LogP contribution in [0.4, 0.5) is 0 Å². The van der Waals surface area contributed by atoms with E-state index < -0.39 is 0 Å². The summed E-state index contributed by atoms with van der Waals surface area (Å²) < 4.78 is 7.61. The Hall–Kier alpha value is -1.55. The van der Waals surface area contributed by atoms with Crippen LogP contribution >= 0.6 is 0 Å². The summed E-state index contributed by atoms with van der Waals surface area (Å²) in [4.78, 5) is 0. The molecular weight excluding hydrogens is 190 g/mol. The summed E-state index contributed by atoms with van der Waals surface area (Å²) in [5.41, 5.74) is 1.03. The van der Waals surface area contributed by atoms with E-state index in [1.165, 1.54) is 0 Å². The van der Waals surface area contributed by atoms with Crippen LogP contribution < -0.4 is 5.32 Å². The minimum atomic E-state index is 0.750. The number of nitrogens with zero attached hydrogens (tertiary/aromatic N) is 2. The maximum atomic E-state index is 5.69. The minimum absolute atomic E-state index is 0.750. The molecule has 0 aliphatic carbocycles. The Kier molecular flexibility index (Phi) is 2.87. The van der Waals surface area contributed by atoms with Gasteiger partial charge in [0.1, 0.15) is 11.5 Å². The molecule has 2 heterocycles. The molecule has 0 unspecified atom stereocenters. The molecule has 0 aliphatic rings. The third-order valence-corrected chi connectivity index (χ3v) is 2.28. The second kappa shape index (κ2) is 4.31. The van der Waals surface area contributed by atoms with Crippen LogP contribution in [0.25, 0.3) is 11.5 Å². The second-order valence-corrected chi connectivity index (χ2v) is 3.33. The first-order valence-electron chi connectivity index (χ1n) is 5.10. The summed E-state index contributed by atoms with van der Waals surface area (Å²) >= 11 is 0. The molecule has 0 bridgehead atoms. The van der Waals surface area contributed by atoms with E-state index in [9.17, 15) is 0 Å². The van der Waals surface area contributed by atoms with Crippen LogP contribution in [0.5, 0.6) is 0 Å². The van der Waals surface area contributed by atoms with Crippen LogP contribution in [0.3, 0.4) is 0 Å². The molecule has 80 valence electrons. The zero-order valence-corrected chi connectivity index (χ0v) is 9.03. The summed E-state index contributed by atoms with van der Waals surface area (Å²) in [5.74, 6) is 1.82. The van der Waals surface area contributed by atoms with Gasteiger partial charge in [0.15, 0.2) is 5.76 Å². The Morgan fingerprint density at radius 1 is 1.40 bits per heavy atom. The first-order chi connectivity index (χ1) is 7.35. The van der Waals surface area contributed by atoms with Gasteiger partial charge in [-0.1, -0.05) is 0 Å². The number of hydrogen-bond acceptors (Lipinski definition) is 3. The van der Waals surface area contributed by atoms with Gasteiger partial charge in [0, 0.05) is 12.7 Å². The van der Waals surface area contributed by atoms with E-state index in [0.29, 0.717) is 0 Å². The average molecular weight is 205 g/mol. The number of aryl methyl sites for hydroxylation is 1. The molecule has 2 rings (SSSR count). The van der Waals surface area contributed by atoms with Crippen molar-refractivity contribution in [2.45, 2.75) is 20.0 Å². The lowest BCUT2D eigenvalue weighted by atomic mass is 10.3. The highest BCUT2D eigenvalue weighted by Crippen LogP contribution is 2.21. The summed E-state index contributed by atoms with van der Waals surface area (Å²) in [6.45, 7) is 3.67. The predicted octanol–water partition coefficient (Wildman–Crippen LogP) is 1.88. The van der Waals surface area contributed by atoms with Gasteiger partial charge in [-0.15, -0.1) is 0 Å². The predicted molar refractivity (Wildman–Crippen MR) is 58.4 cm³/mol. The van der Waals surface area contributed by atoms with E-state index in [1.807, 2.05) is 29.9 Å². The van der Waals surface area contributed by atoms with Crippen molar-refractivity contribution in [2.75, 3.05) is 7.05 Å². The molecule has 2 aromatic heterocycles. The number of furan rings is 1. The van der Waals surface area contributed by atoms with Crippen molar-refractivity contribution < 1.29 is 4.42 Å². The Morgan fingerprint density at radius 3 is 3.00 bits per heavy atom. The van der Waals surface area contributed by atoms with E-state index in [0.717, 1.165) is 30.3 Å². The summed E-state index contributed by atoms with van der Waals surface area (Å²) in [6, 6.07) is 5.93. The Balaban J connectivity index is 2.28. The van der Waals surface area contributed by atoms with E-state index in [-0.39, 0.29) is 0 Å². The van der Waals surface area contributed by atoms with Crippen molar-refractivity contribution in [2.24, 2.45) is 0 Å². The zero-order valence-electron chi connectivity index (χ0n) is 9.03. The fourth-order valence-corrected chi connectivity index (χ4v) is 1.58. The monoisotopic (exact) mass is 205 g/mol. The van der Waals surface area contributed by atoms with Gasteiger partial charge in [-0.05, 0) is 32.2 Å². The molecule has 0 saturated heterocycles. The maximum absolute atomic E-state index is 5.69. The zero-order chi connectivity index (χ0) is 10.7. The van der Waals surface area contributed by atoms with Crippen molar-refractivity contribution in [3.63, 3.8) is 0 Å². The third-order valence-electron chi connectivity index (χ3n) is 2.28. The number of aromatic nitrogens is 2. The lowest BCUT2D eigenvalue weighted by Crippen LogP contribution is -2.03. The van der Waals surface area contributed by atoms with Crippen LogP contribution in [-0.4, -0.2) is 16.8 Å². The molecule has 4 heteroatoms. The standard InChI is InChI=1S/C11H15N3O/c1-3-14-10(6-7-13-14)11-5-4-9(15-11)8-12-2/h4-7,12H,3,8H2,1-2H3. The van der Waals surface area contributed by atoms with E-state index >= 15 is 0 Å². The first kappa shape index (κ1) is 9.98. The molecule has 0 aliphatic heterocycles. The molecule has 0 spiro atoms. The van der Waals surface area contributed by atoms with Crippen LogP contribution in [0.1, 0.15) is 12.7 Å². The first-order valence-corrected chi connectivity index (χ1v) is 5.10. The SMILES string of the molecule is CCn1nccc1-c1ccc(CNC)o1. The maximum Gasteiger partial charge on any atom is 0.152 e. The number of rotatable bonds is 4. The fraction of sp³-hybridized carbons (Fsp3) is 0.364. The molecule has 0 aromatic carbocycles. The van der Waals surface area contributed by atoms with Crippen molar-refractivity contribution in [1.29, 1.82) is 0 Å². The second-order valence-electron chi connectivity index (χ2n) is 3.33. The molecule has 1 N–H and O–H groups in total. The van der Waals surface area contributed by atoms with Crippen LogP contribution in [0, 0.1) is 0 Å². The van der Waals surface area contributed by atoms with Crippen LogP contribution in [0.2, 0.25) is 0 Å². The highest BCUT2D eigenvalue weighted by Gasteiger charge is 2.08. The van der Waals surface area contributed by atoms with Crippen molar-refractivity contribution in [3.05, 3.63) is 30.2 Å². The van der Waals surface area contributed by atoms with Gasteiger partial charge in [0.25, 0.3) is 0 Å². The normalized spacial score (nSPS) is 10.8. The molecule has 0 fully saturated rings. The molecule has 0 saturated carbocycles. The van der Waals surface area contributed by atoms with Crippen molar-refractivity contribution >= 4 is 0 Å². The van der Waals surface area contributed by atoms with Crippen LogP contribution in [-0.2, 0) is 13.1 Å². The lowest BCUT2D eigenvalue weighted by molar-refractivity contribution is 0.500. The average Bonchev–Trinajstić information content (AvgIpc) is 2.84. The Morgan fingerprint density at radius 2 is 2.27 bits per heavy atom. The van der Waals surface area contributed by atoms with E-state index in [4.69, 9.17) is 4.42 Å². The molecule has 2 aromatic rings. The summed E-state index contributed by atoms with van der Waals surface area (Å²) in [6.07, 6.45) is 1.79. The van der Waals surface area contributed by atoms with E-state index in [1.54, 1.807) is 6.20 Å². The summed E-state index contributed by atoms with van der Waals surface area (Å²) in [5, 5.41) is 7.26. The Bertz CT molecular complexity index is 430. The largest absolute Gasteiger partial charge is 0.458 e. The highest BCUT2D eigenvalue weighted by molar-refractivity contribution is 5.52. The topological polar surface area (TPSA) is 43.0 Å². The van der Waals surface area contributed by atoms with Gasteiger partial charge in [0.2, 0.25) is 0 Å². The van der Waals surface area contributed by atoms with Gasteiger partial charge < -0.3 is 9.73 Å². The summed E-state index contributed by atoms with van der Waals surface area (Å²) in [7, 11) is 1.90. The lowest BCUT2D eigenvalue weighted by Gasteiger charge is -2.00. The molecule has 15 heavy (non-hydrogen) atoms. The highest BCUT2D eigenvalue weighted by atomic mass is 16.3. The number of nitrogens with one attached hydrogen (secondary N) is 1. The quantitative estimate of drug-likeness (QED) is 0.828. The molecule has 0 radical (unpaired) electrons. The van der Waals surface area contributed by atoms with Gasteiger partial charge in [0.05, 0.1) is 6.54 Å². The third kappa shape index (κ3) is 1.94. The van der Waals surface area contributed by atoms with Gasteiger partial charge >= 0.3 is 0 Å². The van der Waals surface area contributed by atoms with Crippen LogP contribution in [0.15, 0.2) is 28.8 Å². The molecular formula is C11H15N3O. The smallest absolute Gasteiger partial charge is 0.152 e. The van der Waals surface area contributed by atoms with E-state index in [2.05, 4.69) is 17.3 Å². The van der Waals surface area contributed by atoms with Gasteiger partial charge in [-0.25, -0.2) is 0 Å². The molecule has 0 atom stereocenters. The molecule has 0 amide bonds. The van der Waals surface area contributed by atoms with Crippen molar-refractivity contribution in [3.8, 4) is 11.5 Å². The van der Waals surface area contributed by atoms with Crippen molar-refractivity contribution in [1.82, 2.24) is 15.1 Å². The number of hydrogen-bond donors (Lipinski definition) is 1. The van der Waals surface area contributed by atoms with Gasteiger partial charge in [-0.3, -0.25) is 4.68 Å². The molecule has 4 nitrogen and oxygen atoms in total.